The van der Waals surface area contributed by atoms with Crippen LogP contribution in [0.4, 0.5) is 5.13 Å². The average molecular weight is 359 g/mol. The molecular weight excluding hydrogens is 332 g/mol. The number of hydrogen-bond acceptors (Lipinski definition) is 5. The van der Waals surface area contributed by atoms with Crippen LogP contribution in [0.3, 0.4) is 0 Å². The molecule has 1 aliphatic rings. The van der Waals surface area contributed by atoms with E-state index in [1.165, 1.54) is 11.1 Å². The molecule has 0 bridgehead atoms. The second-order valence-corrected chi connectivity index (χ2v) is 7.36. The smallest absolute Gasteiger partial charge is 0.216 e. The Morgan fingerprint density at radius 2 is 1.96 bits per heavy atom. The van der Waals surface area contributed by atoms with Crippen molar-refractivity contribution in [3.8, 4) is 0 Å². The van der Waals surface area contributed by atoms with E-state index in [2.05, 4.69) is 51.3 Å². The summed E-state index contributed by atoms with van der Waals surface area (Å²) in [6.45, 7) is 8.72. The molecule has 0 aliphatic carbocycles. The van der Waals surface area contributed by atoms with Crippen LogP contribution < -0.4 is 10.2 Å². The highest BCUT2D eigenvalue weighted by Crippen LogP contribution is 2.25. The Kier molecular flexibility index (Phi) is 6.04. The van der Waals surface area contributed by atoms with Gasteiger partial charge in [-0.05, 0) is 24.5 Å². The number of thiazole rings is 1. The molecule has 0 spiro atoms. The van der Waals surface area contributed by atoms with Crippen molar-refractivity contribution in [1.82, 2.24) is 15.2 Å². The molecule has 1 saturated heterocycles. The van der Waals surface area contributed by atoms with Crippen LogP contribution in [0.5, 0.6) is 0 Å². The third-order valence-corrected chi connectivity index (χ3v) is 5.63. The Labute approximate surface area is 153 Å². The topological polar surface area (TPSA) is 48.5 Å². The van der Waals surface area contributed by atoms with Crippen molar-refractivity contribution >= 4 is 22.4 Å². The van der Waals surface area contributed by atoms with E-state index in [9.17, 15) is 4.79 Å². The summed E-state index contributed by atoms with van der Waals surface area (Å²) < 4.78 is 0. The minimum absolute atomic E-state index is 0.0298. The number of rotatable bonds is 6. The fourth-order valence-electron chi connectivity index (χ4n) is 3.23. The zero-order valence-corrected chi connectivity index (χ0v) is 15.8. The molecule has 2 aromatic rings. The van der Waals surface area contributed by atoms with Crippen LogP contribution in [0.2, 0.25) is 0 Å². The van der Waals surface area contributed by atoms with E-state index in [1.54, 1.807) is 18.3 Å². The first kappa shape index (κ1) is 17.9. The monoisotopic (exact) mass is 358 g/mol. The lowest BCUT2D eigenvalue weighted by Gasteiger charge is -2.38. The van der Waals surface area contributed by atoms with Crippen molar-refractivity contribution in [3.05, 3.63) is 47.0 Å². The molecule has 1 unspecified atom stereocenters. The van der Waals surface area contributed by atoms with Crippen molar-refractivity contribution < 1.29 is 4.79 Å². The quantitative estimate of drug-likeness (QED) is 0.863. The van der Waals surface area contributed by atoms with Gasteiger partial charge in [-0.25, -0.2) is 4.98 Å². The summed E-state index contributed by atoms with van der Waals surface area (Å²) in [4.78, 5) is 20.3. The van der Waals surface area contributed by atoms with E-state index in [-0.39, 0.29) is 5.91 Å². The molecule has 1 aliphatic heterocycles. The number of nitrogens with one attached hydrogen (secondary N) is 1. The Morgan fingerprint density at radius 1 is 1.24 bits per heavy atom. The highest BCUT2D eigenvalue weighted by atomic mass is 32.1. The van der Waals surface area contributed by atoms with Gasteiger partial charge in [-0.3, -0.25) is 9.69 Å². The molecule has 1 N–H and O–H groups in total. The number of carbonyl (C=O) groups excluding carboxylic acids is 1. The van der Waals surface area contributed by atoms with Crippen molar-refractivity contribution in [3.63, 3.8) is 0 Å². The van der Waals surface area contributed by atoms with Crippen LogP contribution in [0.25, 0.3) is 0 Å². The Morgan fingerprint density at radius 3 is 2.56 bits per heavy atom. The minimum atomic E-state index is 0.0298. The molecule has 3 rings (SSSR count). The molecule has 1 amide bonds. The third kappa shape index (κ3) is 4.80. The first-order valence-corrected chi connectivity index (χ1v) is 9.73. The van der Waals surface area contributed by atoms with Crippen LogP contribution >= 0.6 is 11.3 Å². The van der Waals surface area contributed by atoms with E-state index in [1.807, 2.05) is 11.6 Å². The predicted octanol–water partition coefficient (Wildman–Crippen LogP) is 2.70. The number of anilines is 1. The molecule has 1 aromatic carbocycles. The fraction of sp³-hybridized carbons (Fsp3) is 0.474. The molecule has 0 radical (unpaired) electrons. The third-order valence-electron chi connectivity index (χ3n) is 4.80. The van der Waals surface area contributed by atoms with E-state index >= 15 is 0 Å². The van der Waals surface area contributed by atoms with Gasteiger partial charge in [-0.2, -0.15) is 0 Å². The van der Waals surface area contributed by atoms with Gasteiger partial charge in [-0.15, -0.1) is 11.3 Å². The number of aromatic nitrogens is 1. The van der Waals surface area contributed by atoms with Crippen molar-refractivity contribution in [2.24, 2.45) is 0 Å². The predicted molar refractivity (Wildman–Crippen MR) is 103 cm³/mol. The van der Waals surface area contributed by atoms with Crippen LogP contribution in [0.1, 0.15) is 31.0 Å². The summed E-state index contributed by atoms with van der Waals surface area (Å²) in [7, 11) is 0. The molecule has 2 heterocycles. The van der Waals surface area contributed by atoms with Gasteiger partial charge in [0, 0.05) is 57.3 Å². The lowest BCUT2D eigenvalue weighted by atomic mass is 10.0. The van der Waals surface area contributed by atoms with Gasteiger partial charge in [-0.1, -0.05) is 24.3 Å². The maximum Gasteiger partial charge on any atom is 0.216 e. The zero-order valence-electron chi connectivity index (χ0n) is 14.9. The summed E-state index contributed by atoms with van der Waals surface area (Å²) in [6.07, 6.45) is 2.75. The Hall–Kier alpha value is -1.92. The second kappa shape index (κ2) is 8.45. The summed E-state index contributed by atoms with van der Waals surface area (Å²) in [5.74, 6) is 0.0298. The molecule has 5 nitrogen and oxygen atoms in total. The molecule has 25 heavy (non-hydrogen) atoms. The normalized spacial score (nSPS) is 16.6. The van der Waals surface area contributed by atoms with Gasteiger partial charge >= 0.3 is 0 Å². The van der Waals surface area contributed by atoms with Crippen LogP contribution in [-0.2, 0) is 11.2 Å². The van der Waals surface area contributed by atoms with E-state index in [0.717, 1.165) is 37.7 Å². The SMILES string of the molecule is CC(=O)NCCc1ccc(C(C)N2CCN(c3nccs3)CC2)cc1. The van der Waals surface area contributed by atoms with E-state index in [4.69, 9.17) is 0 Å². The van der Waals surface area contributed by atoms with Crippen molar-refractivity contribution in [2.75, 3.05) is 37.6 Å². The highest BCUT2D eigenvalue weighted by molar-refractivity contribution is 7.13. The first-order chi connectivity index (χ1) is 12.1. The summed E-state index contributed by atoms with van der Waals surface area (Å²) >= 11 is 1.72. The maximum absolute atomic E-state index is 10.9. The number of carbonyl (C=O) groups is 1. The molecule has 1 atom stereocenters. The van der Waals surface area contributed by atoms with E-state index < -0.39 is 0 Å². The standard InChI is InChI=1S/C19H26N4OS/c1-15(18-5-3-17(4-6-18)7-8-20-16(2)24)22-10-12-23(13-11-22)19-21-9-14-25-19/h3-6,9,14-15H,7-8,10-13H2,1-2H3,(H,20,24). The maximum atomic E-state index is 10.9. The molecule has 1 fully saturated rings. The lowest BCUT2D eigenvalue weighted by Crippen LogP contribution is -2.47. The second-order valence-electron chi connectivity index (χ2n) is 6.49. The van der Waals surface area contributed by atoms with Crippen LogP contribution in [0.15, 0.2) is 35.8 Å². The van der Waals surface area contributed by atoms with Gasteiger partial charge in [0.15, 0.2) is 5.13 Å². The number of nitrogens with zero attached hydrogens (tertiary/aromatic N) is 3. The zero-order chi connectivity index (χ0) is 17.6. The number of amides is 1. The van der Waals surface area contributed by atoms with Crippen LogP contribution in [-0.4, -0.2) is 48.5 Å². The summed E-state index contributed by atoms with van der Waals surface area (Å²) in [5.41, 5.74) is 2.62. The molecule has 6 heteroatoms. The lowest BCUT2D eigenvalue weighted by molar-refractivity contribution is -0.118. The van der Waals surface area contributed by atoms with Gasteiger partial charge in [0.05, 0.1) is 0 Å². The first-order valence-electron chi connectivity index (χ1n) is 8.85. The number of piperazine rings is 1. The summed E-state index contributed by atoms with van der Waals surface area (Å²) in [5, 5.41) is 6.02. The van der Waals surface area contributed by atoms with Crippen molar-refractivity contribution in [2.45, 2.75) is 26.3 Å². The highest BCUT2D eigenvalue weighted by Gasteiger charge is 2.23. The van der Waals surface area contributed by atoms with E-state index in [0.29, 0.717) is 12.6 Å². The average Bonchev–Trinajstić information content (AvgIpc) is 3.16. The number of hydrogen-bond donors (Lipinski definition) is 1. The fourth-order valence-corrected chi connectivity index (χ4v) is 3.93. The minimum Gasteiger partial charge on any atom is -0.356 e. The molecular formula is C19H26N4OS. The van der Waals surface area contributed by atoms with Gasteiger partial charge in [0.1, 0.15) is 0 Å². The van der Waals surface area contributed by atoms with Crippen LogP contribution in [0, 0.1) is 0 Å². The molecule has 134 valence electrons. The molecule has 1 aromatic heterocycles. The Balaban J connectivity index is 1.51. The molecule has 0 saturated carbocycles. The number of benzene rings is 1. The van der Waals surface area contributed by atoms with Gasteiger partial charge < -0.3 is 10.2 Å². The van der Waals surface area contributed by atoms with Crippen molar-refractivity contribution in [1.29, 1.82) is 0 Å². The van der Waals surface area contributed by atoms with Gasteiger partial charge in [0.2, 0.25) is 5.91 Å². The largest absolute Gasteiger partial charge is 0.356 e. The Bertz CT molecular complexity index is 663. The summed E-state index contributed by atoms with van der Waals surface area (Å²) in [6, 6.07) is 9.23. The van der Waals surface area contributed by atoms with Gasteiger partial charge in [0.25, 0.3) is 0 Å².